The van der Waals surface area contributed by atoms with E-state index in [2.05, 4.69) is 14.7 Å². The van der Waals surface area contributed by atoms with Crippen LogP contribution in [0.1, 0.15) is 18.5 Å². The number of anilines is 1. The summed E-state index contributed by atoms with van der Waals surface area (Å²) in [5.74, 6) is 0.401. The summed E-state index contributed by atoms with van der Waals surface area (Å²) in [6, 6.07) is 1.74. The fraction of sp³-hybridized carbons (Fsp3) is 0.500. The Morgan fingerprint density at radius 3 is 3.07 bits per heavy atom. The predicted octanol–water partition coefficient (Wildman–Crippen LogP) is 0.173. The largest absolute Gasteiger partial charge is 0.325 e. The van der Waals surface area contributed by atoms with E-state index in [1.165, 1.54) is 0 Å². The fourth-order valence-corrected chi connectivity index (χ4v) is 2.02. The van der Waals surface area contributed by atoms with E-state index >= 15 is 0 Å². The standard InChI is InChI=1S/C8H12N4OS/c9-5-6-3-4-10-8(11-6)12-14(13)7-1-2-7/h3-4,7H,1-2,5,9H2,(H,10,11,12). The van der Waals surface area contributed by atoms with E-state index in [-0.39, 0.29) is 5.25 Å². The Balaban J connectivity index is 2.04. The van der Waals surface area contributed by atoms with Crippen LogP contribution in [-0.2, 0) is 17.5 Å². The minimum atomic E-state index is -1.04. The number of rotatable bonds is 4. The van der Waals surface area contributed by atoms with Gasteiger partial charge < -0.3 is 5.73 Å². The molecule has 0 amide bonds. The minimum absolute atomic E-state index is 0.278. The molecule has 76 valence electrons. The summed E-state index contributed by atoms with van der Waals surface area (Å²) < 4.78 is 14.2. The summed E-state index contributed by atoms with van der Waals surface area (Å²) in [6.07, 6.45) is 3.66. The van der Waals surface area contributed by atoms with Gasteiger partial charge in [0.25, 0.3) is 0 Å². The lowest BCUT2D eigenvalue weighted by Crippen LogP contribution is -2.12. The molecular weight excluding hydrogens is 200 g/mol. The molecule has 1 aliphatic rings. The molecule has 3 N–H and O–H groups in total. The summed E-state index contributed by atoms with van der Waals surface area (Å²) in [6.45, 7) is 0.368. The van der Waals surface area contributed by atoms with E-state index in [1.54, 1.807) is 12.3 Å². The smallest absolute Gasteiger partial charge is 0.234 e. The molecule has 14 heavy (non-hydrogen) atoms. The van der Waals surface area contributed by atoms with Crippen LogP contribution in [0.25, 0.3) is 0 Å². The van der Waals surface area contributed by atoms with Gasteiger partial charge in [0.2, 0.25) is 5.95 Å². The zero-order valence-electron chi connectivity index (χ0n) is 7.64. The van der Waals surface area contributed by atoms with Gasteiger partial charge in [0.1, 0.15) is 11.0 Å². The lowest BCUT2D eigenvalue weighted by Gasteiger charge is -2.03. The van der Waals surface area contributed by atoms with Crippen LogP contribution in [0.15, 0.2) is 12.3 Å². The van der Waals surface area contributed by atoms with Crippen LogP contribution in [0.3, 0.4) is 0 Å². The maximum atomic E-state index is 11.5. The van der Waals surface area contributed by atoms with Crippen molar-refractivity contribution < 1.29 is 4.21 Å². The zero-order valence-corrected chi connectivity index (χ0v) is 8.46. The summed E-state index contributed by atoms with van der Waals surface area (Å²) in [5, 5.41) is 0.278. The minimum Gasteiger partial charge on any atom is -0.325 e. The highest BCUT2D eigenvalue weighted by Crippen LogP contribution is 2.26. The molecular formula is C8H12N4OS. The Labute approximate surface area is 84.7 Å². The maximum Gasteiger partial charge on any atom is 0.234 e. The van der Waals surface area contributed by atoms with E-state index in [9.17, 15) is 4.21 Å². The number of nitrogens with one attached hydrogen (secondary N) is 1. The highest BCUT2D eigenvalue weighted by atomic mass is 32.2. The van der Waals surface area contributed by atoms with Crippen molar-refractivity contribution in [2.45, 2.75) is 24.6 Å². The van der Waals surface area contributed by atoms with Gasteiger partial charge in [0, 0.05) is 12.7 Å². The van der Waals surface area contributed by atoms with Gasteiger partial charge in [0.15, 0.2) is 0 Å². The van der Waals surface area contributed by atoms with Gasteiger partial charge in [-0.25, -0.2) is 14.2 Å². The molecule has 1 fully saturated rings. The first-order valence-electron chi connectivity index (χ1n) is 4.49. The monoisotopic (exact) mass is 212 g/mol. The third kappa shape index (κ3) is 2.27. The fourth-order valence-electron chi connectivity index (χ4n) is 1.01. The molecule has 2 rings (SSSR count). The molecule has 1 saturated carbocycles. The molecule has 1 aromatic rings. The van der Waals surface area contributed by atoms with E-state index in [0.29, 0.717) is 12.5 Å². The number of hydrogen-bond donors (Lipinski definition) is 2. The van der Waals surface area contributed by atoms with Crippen LogP contribution in [0, 0.1) is 0 Å². The second-order valence-electron chi connectivity index (χ2n) is 3.17. The maximum absolute atomic E-state index is 11.5. The van der Waals surface area contributed by atoms with Crippen LogP contribution in [0.2, 0.25) is 0 Å². The molecule has 1 heterocycles. The third-order valence-electron chi connectivity index (χ3n) is 1.94. The first-order chi connectivity index (χ1) is 6.79. The van der Waals surface area contributed by atoms with Gasteiger partial charge in [-0.05, 0) is 18.9 Å². The summed E-state index contributed by atoms with van der Waals surface area (Å²) in [5.41, 5.74) is 6.17. The van der Waals surface area contributed by atoms with Gasteiger partial charge in [-0.1, -0.05) is 0 Å². The Kier molecular flexibility index (Phi) is 2.74. The molecule has 0 bridgehead atoms. The summed E-state index contributed by atoms with van der Waals surface area (Å²) in [4.78, 5) is 8.07. The molecule has 1 aliphatic carbocycles. The highest BCUT2D eigenvalue weighted by molar-refractivity contribution is 7.87. The summed E-state index contributed by atoms with van der Waals surface area (Å²) >= 11 is 0. The predicted molar refractivity (Wildman–Crippen MR) is 54.7 cm³/mol. The third-order valence-corrected chi connectivity index (χ3v) is 3.40. The second kappa shape index (κ2) is 4.02. The van der Waals surface area contributed by atoms with Crippen LogP contribution in [0.5, 0.6) is 0 Å². The van der Waals surface area contributed by atoms with Crippen LogP contribution in [0.4, 0.5) is 5.95 Å². The number of aromatic nitrogens is 2. The molecule has 5 nitrogen and oxygen atoms in total. The van der Waals surface area contributed by atoms with Crippen molar-refractivity contribution in [2.75, 3.05) is 4.72 Å². The average molecular weight is 212 g/mol. The highest BCUT2D eigenvalue weighted by Gasteiger charge is 2.28. The Hall–Kier alpha value is -1.01. The average Bonchev–Trinajstić information content (AvgIpc) is 3.01. The molecule has 1 atom stereocenters. The quantitative estimate of drug-likeness (QED) is 0.745. The molecule has 0 radical (unpaired) electrons. The zero-order chi connectivity index (χ0) is 9.97. The van der Waals surface area contributed by atoms with Crippen LogP contribution >= 0.6 is 0 Å². The molecule has 1 aromatic heterocycles. The van der Waals surface area contributed by atoms with Gasteiger partial charge in [-0.3, -0.25) is 4.72 Å². The van der Waals surface area contributed by atoms with Crippen molar-refractivity contribution in [3.63, 3.8) is 0 Å². The van der Waals surface area contributed by atoms with Crippen molar-refractivity contribution in [2.24, 2.45) is 5.73 Å². The topological polar surface area (TPSA) is 80.9 Å². The van der Waals surface area contributed by atoms with Crippen molar-refractivity contribution >= 4 is 16.9 Å². The van der Waals surface area contributed by atoms with Crippen molar-refractivity contribution in [3.05, 3.63) is 18.0 Å². The molecule has 0 aromatic carbocycles. The molecule has 0 spiro atoms. The van der Waals surface area contributed by atoms with E-state index in [1.807, 2.05) is 0 Å². The molecule has 0 saturated heterocycles. The molecule has 0 aliphatic heterocycles. The number of nitrogens with two attached hydrogens (primary N) is 1. The van der Waals surface area contributed by atoms with Gasteiger partial charge in [-0.2, -0.15) is 0 Å². The Morgan fingerprint density at radius 1 is 1.64 bits per heavy atom. The van der Waals surface area contributed by atoms with Crippen LogP contribution in [-0.4, -0.2) is 19.4 Å². The van der Waals surface area contributed by atoms with Gasteiger partial charge >= 0.3 is 0 Å². The lowest BCUT2D eigenvalue weighted by atomic mass is 10.4. The number of nitrogens with zero attached hydrogens (tertiary/aromatic N) is 2. The van der Waals surface area contributed by atoms with Crippen LogP contribution < -0.4 is 10.5 Å². The molecule has 6 heteroatoms. The van der Waals surface area contributed by atoms with Crippen molar-refractivity contribution in [1.29, 1.82) is 0 Å². The molecule has 1 unspecified atom stereocenters. The second-order valence-corrected chi connectivity index (χ2v) is 4.64. The lowest BCUT2D eigenvalue weighted by molar-refractivity contribution is 0.685. The first-order valence-corrected chi connectivity index (χ1v) is 5.70. The first kappa shape index (κ1) is 9.54. The van der Waals surface area contributed by atoms with Gasteiger partial charge in [0.05, 0.1) is 10.9 Å². The van der Waals surface area contributed by atoms with E-state index in [4.69, 9.17) is 5.73 Å². The van der Waals surface area contributed by atoms with Gasteiger partial charge in [-0.15, -0.1) is 0 Å². The van der Waals surface area contributed by atoms with Crippen molar-refractivity contribution in [1.82, 2.24) is 9.97 Å². The number of hydrogen-bond acceptors (Lipinski definition) is 4. The SMILES string of the molecule is NCc1ccnc(NS(=O)C2CC2)n1. The Morgan fingerprint density at radius 2 is 2.43 bits per heavy atom. The summed E-state index contributed by atoms with van der Waals surface area (Å²) in [7, 11) is -1.04. The van der Waals surface area contributed by atoms with E-state index in [0.717, 1.165) is 18.5 Å². The van der Waals surface area contributed by atoms with E-state index < -0.39 is 11.0 Å². The normalized spacial score (nSPS) is 17.8. The van der Waals surface area contributed by atoms with Crippen molar-refractivity contribution in [3.8, 4) is 0 Å². The Bertz CT molecular complexity index is 353.